The molecule has 2 aromatic heterocycles. The number of aryl methyl sites for hydroxylation is 1. The molecule has 0 bridgehead atoms. The fourth-order valence-corrected chi connectivity index (χ4v) is 3.32. The second-order valence-electron chi connectivity index (χ2n) is 7.29. The van der Waals surface area contributed by atoms with Gasteiger partial charge in [0.1, 0.15) is 5.82 Å². The number of carbonyl (C=O) groups excluding carboxylic acids is 1. The Kier molecular flexibility index (Phi) is 7.73. The summed E-state index contributed by atoms with van der Waals surface area (Å²) in [6.45, 7) is 10.9. The Morgan fingerprint density at radius 3 is 2.70 bits per heavy atom. The highest BCUT2D eigenvalue weighted by atomic mass is 16.1. The second-order valence-corrected chi connectivity index (χ2v) is 7.29. The van der Waals surface area contributed by atoms with Crippen molar-refractivity contribution in [2.45, 2.75) is 33.6 Å². The van der Waals surface area contributed by atoms with Crippen molar-refractivity contribution in [3.05, 3.63) is 53.3 Å². The van der Waals surface area contributed by atoms with Gasteiger partial charge in [-0.3, -0.25) is 4.79 Å². The molecule has 0 aliphatic carbocycles. The van der Waals surface area contributed by atoms with Gasteiger partial charge in [-0.1, -0.05) is 31.5 Å². The van der Waals surface area contributed by atoms with E-state index in [1.807, 2.05) is 43.3 Å². The van der Waals surface area contributed by atoms with Crippen LogP contribution in [0.3, 0.4) is 0 Å². The topological polar surface area (TPSA) is 87.5 Å². The quantitative estimate of drug-likeness (QED) is 0.473. The molecule has 3 rings (SSSR count). The molecule has 0 saturated heterocycles. The molecule has 0 fully saturated rings. The molecule has 0 spiro atoms. The van der Waals surface area contributed by atoms with Gasteiger partial charge in [0.15, 0.2) is 11.5 Å². The highest BCUT2D eigenvalue weighted by Gasteiger charge is 2.10. The van der Waals surface area contributed by atoms with Crippen molar-refractivity contribution in [2.24, 2.45) is 0 Å². The summed E-state index contributed by atoms with van der Waals surface area (Å²) in [4.78, 5) is 14.7. The van der Waals surface area contributed by atoms with Crippen LogP contribution in [0.5, 0.6) is 0 Å². The van der Waals surface area contributed by atoms with Crippen molar-refractivity contribution in [1.82, 2.24) is 30.0 Å². The normalized spacial score (nSPS) is 11.2. The van der Waals surface area contributed by atoms with Crippen LogP contribution < -0.4 is 10.6 Å². The van der Waals surface area contributed by atoms with Gasteiger partial charge in [0.25, 0.3) is 5.91 Å². The summed E-state index contributed by atoms with van der Waals surface area (Å²) in [7, 11) is 0. The first kappa shape index (κ1) is 21.7. The molecule has 3 aromatic rings. The molecule has 8 nitrogen and oxygen atoms in total. The zero-order valence-electron chi connectivity index (χ0n) is 18.1. The number of hydrogen-bond donors (Lipinski definition) is 2. The van der Waals surface area contributed by atoms with Gasteiger partial charge in [-0.25, -0.2) is 0 Å². The van der Waals surface area contributed by atoms with Gasteiger partial charge in [-0.2, -0.15) is 4.52 Å². The Morgan fingerprint density at radius 2 is 1.93 bits per heavy atom. The summed E-state index contributed by atoms with van der Waals surface area (Å²) in [6.07, 6.45) is 1.61. The third kappa shape index (κ3) is 5.76. The Balaban J connectivity index is 1.53. The van der Waals surface area contributed by atoms with Crippen molar-refractivity contribution >= 4 is 17.4 Å². The van der Waals surface area contributed by atoms with E-state index in [1.54, 1.807) is 4.52 Å². The SMILES string of the molecule is CCN(CC)CCCNc1ccc2nnc(CCNC(=O)c3cccc(C)c3)n2n1. The van der Waals surface area contributed by atoms with Crippen LogP contribution in [0.4, 0.5) is 5.82 Å². The Hall–Kier alpha value is -3.00. The monoisotopic (exact) mass is 409 g/mol. The molecule has 1 aromatic carbocycles. The average molecular weight is 410 g/mol. The van der Waals surface area contributed by atoms with Crippen molar-refractivity contribution in [2.75, 3.05) is 38.0 Å². The zero-order chi connectivity index (χ0) is 21.3. The molecule has 0 atom stereocenters. The lowest BCUT2D eigenvalue weighted by Crippen LogP contribution is -2.26. The lowest BCUT2D eigenvalue weighted by atomic mass is 10.1. The summed E-state index contributed by atoms with van der Waals surface area (Å²) < 4.78 is 1.74. The molecular formula is C22H31N7O. The molecular weight excluding hydrogens is 378 g/mol. The van der Waals surface area contributed by atoms with E-state index in [0.717, 1.165) is 49.8 Å². The first-order valence-electron chi connectivity index (χ1n) is 10.6. The van der Waals surface area contributed by atoms with Gasteiger partial charge < -0.3 is 15.5 Å². The van der Waals surface area contributed by atoms with Crippen LogP contribution in [0.25, 0.3) is 5.65 Å². The third-order valence-electron chi connectivity index (χ3n) is 5.09. The average Bonchev–Trinajstić information content (AvgIpc) is 3.16. The highest BCUT2D eigenvalue weighted by molar-refractivity contribution is 5.94. The van der Waals surface area contributed by atoms with Crippen molar-refractivity contribution in [3.63, 3.8) is 0 Å². The Labute approximate surface area is 177 Å². The maximum Gasteiger partial charge on any atom is 0.251 e. The number of nitrogens with zero attached hydrogens (tertiary/aromatic N) is 5. The van der Waals surface area contributed by atoms with Gasteiger partial charge in [0, 0.05) is 25.1 Å². The summed E-state index contributed by atoms with van der Waals surface area (Å²) in [5.41, 5.74) is 2.42. The lowest BCUT2D eigenvalue weighted by Gasteiger charge is -2.17. The minimum atomic E-state index is -0.0870. The predicted molar refractivity (Wildman–Crippen MR) is 119 cm³/mol. The fourth-order valence-electron chi connectivity index (χ4n) is 3.32. The number of rotatable bonds is 11. The molecule has 0 aliphatic rings. The van der Waals surface area contributed by atoms with E-state index in [0.29, 0.717) is 24.2 Å². The van der Waals surface area contributed by atoms with Crippen molar-refractivity contribution in [1.29, 1.82) is 0 Å². The Bertz CT molecular complexity index is 965. The van der Waals surface area contributed by atoms with Crippen LogP contribution in [0.2, 0.25) is 0 Å². The van der Waals surface area contributed by atoms with E-state index in [4.69, 9.17) is 0 Å². The molecule has 0 radical (unpaired) electrons. The summed E-state index contributed by atoms with van der Waals surface area (Å²) in [5, 5.41) is 19.3. The molecule has 2 heterocycles. The van der Waals surface area contributed by atoms with E-state index in [2.05, 4.69) is 44.7 Å². The van der Waals surface area contributed by atoms with E-state index in [9.17, 15) is 4.79 Å². The molecule has 2 N–H and O–H groups in total. The molecule has 160 valence electrons. The highest BCUT2D eigenvalue weighted by Crippen LogP contribution is 2.08. The molecule has 1 amide bonds. The van der Waals surface area contributed by atoms with Gasteiger partial charge >= 0.3 is 0 Å². The largest absolute Gasteiger partial charge is 0.369 e. The molecule has 0 aliphatic heterocycles. The number of amides is 1. The molecule has 0 unspecified atom stereocenters. The van der Waals surface area contributed by atoms with Crippen LogP contribution >= 0.6 is 0 Å². The second kappa shape index (κ2) is 10.7. The van der Waals surface area contributed by atoms with Crippen LogP contribution in [0, 0.1) is 6.92 Å². The number of nitrogens with one attached hydrogen (secondary N) is 2. The van der Waals surface area contributed by atoms with Gasteiger partial charge in [-0.05, 0) is 57.2 Å². The lowest BCUT2D eigenvalue weighted by molar-refractivity contribution is 0.0954. The van der Waals surface area contributed by atoms with E-state index < -0.39 is 0 Å². The number of hydrogen-bond acceptors (Lipinski definition) is 6. The molecule has 30 heavy (non-hydrogen) atoms. The summed E-state index contributed by atoms with van der Waals surface area (Å²) in [5.74, 6) is 1.43. The number of aromatic nitrogens is 4. The number of benzene rings is 1. The van der Waals surface area contributed by atoms with Gasteiger partial charge in [0.05, 0.1) is 0 Å². The van der Waals surface area contributed by atoms with E-state index in [-0.39, 0.29) is 5.91 Å². The minimum Gasteiger partial charge on any atom is -0.369 e. The smallest absolute Gasteiger partial charge is 0.251 e. The van der Waals surface area contributed by atoms with Crippen LogP contribution in [0.15, 0.2) is 36.4 Å². The van der Waals surface area contributed by atoms with Crippen LogP contribution in [-0.4, -0.2) is 63.3 Å². The summed E-state index contributed by atoms with van der Waals surface area (Å²) >= 11 is 0. The Morgan fingerprint density at radius 1 is 1.10 bits per heavy atom. The maximum atomic E-state index is 12.3. The predicted octanol–water partition coefficient (Wildman–Crippen LogP) is 2.55. The number of fused-ring (bicyclic) bond motifs is 1. The van der Waals surface area contributed by atoms with Gasteiger partial charge in [-0.15, -0.1) is 15.3 Å². The number of carbonyl (C=O) groups is 1. The van der Waals surface area contributed by atoms with Crippen molar-refractivity contribution < 1.29 is 4.79 Å². The first-order chi connectivity index (χ1) is 14.6. The zero-order valence-corrected chi connectivity index (χ0v) is 18.1. The van der Waals surface area contributed by atoms with Gasteiger partial charge in [0.2, 0.25) is 0 Å². The van der Waals surface area contributed by atoms with Crippen LogP contribution in [-0.2, 0) is 6.42 Å². The summed E-state index contributed by atoms with van der Waals surface area (Å²) in [6, 6.07) is 11.4. The first-order valence-corrected chi connectivity index (χ1v) is 10.6. The van der Waals surface area contributed by atoms with Crippen LogP contribution in [0.1, 0.15) is 42.0 Å². The maximum absolute atomic E-state index is 12.3. The fraction of sp³-hybridized carbons (Fsp3) is 0.455. The van der Waals surface area contributed by atoms with E-state index >= 15 is 0 Å². The third-order valence-corrected chi connectivity index (χ3v) is 5.09. The molecule has 0 saturated carbocycles. The van der Waals surface area contributed by atoms with Crippen molar-refractivity contribution in [3.8, 4) is 0 Å². The minimum absolute atomic E-state index is 0.0870. The standard InChI is InChI=1S/C22H31N7O/c1-4-28(5-2)15-7-13-23-19-10-11-20-25-26-21(29(20)27-19)12-14-24-22(30)18-9-6-8-17(3)16-18/h6,8-11,16H,4-5,7,12-15H2,1-3H3,(H,23,27)(H,24,30). The number of anilines is 1. The van der Waals surface area contributed by atoms with E-state index in [1.165, 1.54) is 0 Å². The molecule has 8 heteroatoms.